The van der Waals surface area contributed by atoms with E-state index >= 15 is 0 Å². The van der Waals surface area contributed by atoms with Crippen LogP contribution >= 0.6 is 11.6 Å². The number of halogens is 1. The lowest BCUT2D eigenvalue weighted by Gasteiger charge is -2.12. The first-order valence-corrected chi connectivity index (χ1v) is 8.76. The Morgan fingerprint density at radius 1 is 0.963 bits per heavy atom. The van der Waals surface area contributed by atoms with Crippen LogP contribution in [0.2, 0.25) is 5.02 Å². The van der Waals surface area contributed by atoms with E-state index in [1.165, 1.54) is 0 Å². The van der Waals surface area contributed by atoms with E-state index in [0.29, 0.717) is 10.6 Å². The monoisotopic (exact) mass is 388 g/mol. The van der Waals surface area contributed by atoms with Crippen molar-refractivity contribution in [1.29, 1.82) is 0 Å². The minimum absolute atomic E-state index is 0.0278. The molecule has 2 aromatic carbocycles. The van der Waals surface area contributed by atoms with Gasteiger partial charge in [-0.1, -0.05) is 48.0 Å². The highest BCUT2D eigenvalue weighted by Gasteiger charge is 2.12. The van der Waals surface area contributed by atoms with E-state index in [9.17, 15) is 14.4 Å². The lowest BCUT2D eigenvalue weighted by Crippen LogP contribution is -2.36. The van der Waals surface area contributed by atoms with Crippen molar-refractivity contribution >= 4 is 35.1 Å². The van der Waals surface area contributed by atoms with E-state index in [1.54, 1.807) is 24.3 Å². The maximum Gasteiger partial charge on any atom is 0.310 e. The second-order valence-corrected chi connectivity index (χ2v) is 6.43. The number of hydrogen-bond donors (Lipinski definition) is 2. The molecular weight excluding hydrogens is 368 g/mol. The van der Waals surface area contributed by atoms with Crippen LogP contribution in [0.3, 0.4) is 0 Å². The summed E-state index contributed by atoms with van der Waals surface area (Å²) in [5, 5.41) is 5.64. The van der Waals surface area contributed by atoms with Gasteiger partial charge in [0.05, 0.1) is 13.0 Å². The lowest BCUT2D eigenvalue weighted by molar-refractivity contribution is -0.147. The van der Waals surface area contributed by atoms with Crippen LogP contribution in [0.15, 0.2) is 42.5 Å². The molecule has 0 fully saturated rings. The van der Waals surface area contributed by atoms with Crippen LogP contribution in [0.1, 0.15) is 16.7 Å². The smallest absolute Gasteiger partial charge is 0.310 e. The number of nitrogens with one attached hydrogen (secondary N) is 2. The second-order valence-electron chi connectivity index (χ2n) is 6.02. The number of ether oxygens (including phenoxy) is 1. The van der Waals surface area contributed by atoms with Crippen LogP contribution < -0.4 is 10.6 Å². The van der Waals surface area contributed by atoms with Crippen molar-refractivity contribution in [3.8, 4) is 0 Å². The van der Waals surface area contributed by atoms with E-state index in [1.807, 2.05) is 32.0 Å². The number of benzene rings is 2. The minimum Gasteiger partial charge on any atom is -0.455 e. The first-order chi connectivity index (χ1) is 12.9. The van der Waals surface area contributed by atoms with Gasteiger partial charge in [0.15, 0.2) is 6.61 Å². The van der Waals surface area contributed by atoms with Gasteiger partial charge < -0.3 is 15.4 Å². The van der Waals surface area contributed by atoms with Crippen molar-refractivity contribution in [2.75, 3.05) is 18.5 Å². The molecule has 0 aromatic heterocycles. The fourth-order valence-corrected chi connectivity index (χ4v) is 2.62. The van der Waals surface area contributed by atoms with E-state index in [-0.39, 0.29) is 18.9 Å². The van der Waals surface area contributed by atoms with Crippen LogP contribution in [-0.4, -0.2) is 30.9 Å². The number of rotatable bonds is 7. The third kappa shape index (κ3) is 6.42. The second kappa shape index (κ2) is 9.73. The van der Waals surface area contributed by atoms with E-state index in [4.69, 9.17) is 16.3 Å². The summed E-state index contributed by atoms with van der Waals surface area (Å²) in [4.78, 5) is 35.5. The number of para-hydroxylation sites is 1. The van der Waals surface area contributed by atoms with Gasteiger partial charge in [0.2, 0.25) is 5.91 Å². The normalized spacial score (nSPS) is 10.2. The van der Waals surface area contributed by atoms with Crippen LogP contribution in [0.4, 0.5) is 5.69 Å². The summed E-state index contributed by atoms with van der Waals surface area (Å²) in [5.41, 5.74) is 3.21. The summed E-state index contributed by atoms with van der Waals surface area (Å²) in [6.45, 7) is 3.11. The molecule has 0 radical (unpaired) electrons. The number of carbonyl (C=O) groups excluding carboxylic acids is 3. The van der Waals surface area contributed by atoms with Gasteiger partial charge >= 0.3 is 5.97 Å². The van der Waals surface area contributed by atoms with Crippen molar-refractivity contribution in [3.63, 3.8) is 0 Å². The Bertz CT molecular complexity index is 831. The summed E-state index contributed by atoms with van der Waals surface area (Å²) in [5.74, 6) is -1.49. The molecule has 2 N–H and O–H groups in total. The highest BCUT2D eigenvalue weighted by atomic mass is 35.5. The highest BCUT2D eigenvalue weighted by Crippen LogP contribution is 2.19. The zero-order valence-electron chi connectivity index (χ0n) is 15.2. The van der Waals surface area contributed by atoms with Crippen LogP contribution in [0, 0.1) is 13.8 Å². The van der Waals surface area contributed by atoms with Crippen LogP contribution in [-0.2, 0) is 25.5 Å². The van der Waals surface area contributed by atoms with Gasteiger partial charge in [-0.15, -0.1) is 0 Å². The van der Waals surface area contributed by atoms with Gasteiger partial charge in [-0.05, 0) is 36.6 Å². The van der Waals surface area contributed by atoms with Gasteiger partial charge in [0.25, 0.3) is 5.91 Å². The molecule has 7 heteroatoms. The number of aryl methyl sites for hydroxylation is 2. The number of carbonyl (C=O) groups is 3. The highest BCUT2D eigenvalue weighted by molar-refractivity contribution is 6.31. The van der Waals surface area contributed by atoms with E-state index < -0.39 is 18.5 Å². The number of hydrogen-bond acceptors (Lipinski definition) is 4. The Kier molecular flexibility index (Phi) is 7.37. The molecule has 2 amide bonds. The molecule has 0 aliphatic rings. The third-order valence-corrected chi connectivity index (χ3v) is 4.22. The summed E-state index contributed by atoms with van der Waals surface area (Å²) in [7, 11) is 0. The first kappa shape index (κ1) is 20.5. The summed E-state index contributed by atoms with van der Waals surface area (Å²) >= 11 is 5.97. The summed E-state index contributed by atoms with van der Waals surface area (Å²) in [6, 6.07) is 12.6. The van der Waals surface area contributed by atoms with Crippen molar-refractivity contribution in [2.24, 2.45) is 0 Å². The number of esters is 1. The SMILES string of the molecule is Cc1cccc(C)c1NC(=O)CNC(=O)COC(=O)Cc1ccccc1Cl. The molecule has 0 aliphatic carbocycles. The molecule has 0 atom stereocenters. The number of amides is 2. The average Bonchev–Trinajstić information content (AvgIpc) is 2.63. The number of anilines is 1. The Morgan fingerprint density at radius 2 is 1.63 bits per heavy atom. The molecule has 0 bridgehead atoms. The Labute approximate surface area is 162 Å². The van der Waals surface area contributed by atoms with Crippen molar-refractivity contribution in [1.82, 2.24) is 5.32 Å². The molecule has 2 aromatic rings. The van der Waals surface area contributed by atoms with Gasteiger partial charge in [-0.3, -0.25) is 14.4 Å². The fraction of sp³-hybridized carbons (Fsp3) is 0.250. The van der Waals surface area contributed by atoms with Gasteiger partial charge in [-0.2, -0.15) is 0 Å². The Hall–Kier alpha value is -2.86. The maximum atomic E-state index is 12.0. The predicted octanol–water partition coefficient (Wildman–Crippen LogP) is 2.80. The van der Waals surface area contributed by atoms with E-state index in [2.05, 4.69) is 10.6 Å². The molecule has 0 saturated heterocycles. The van der Waals surface area contributed by atoms with Crippen molar-refractivity contribution in [3.05, 3.63) is 64.2 Å². The molecule has 0 spiro atoms. The molecule has 27 heavy (non-hydrogen) atoms. The largest absolute Gasteiger partial charge is 0.455 e. The van der Waals surface area contributed by atoms with Gasteiger partial charge in [0.1, 0.15) is 0 Å². The molecule has 142 valence electrons. The predicted molar refractivity (Wildman–Crippen MR) is 104 cm³/mol. The van der Waals surface area contributed by atoms with Crippen molar-refractivity contribution < 1.29 is 19.1 Å². The molecule has 6 nitrogen and oxygen atoms in total. The topological polar surface area (TPSA) is 84.5 Å². The van der Waals surface area contributed by atoms with Crippen LogP contribution in [0.25, 0.3) is 0 Å². The standard InChI is InChI=1S/C20H21ClN2O4/c1-13-6-5-7-14(2)20(13)23-17(24)11-22-18(25)12-27-19(26)10-15-8-3-4-9-16(15)21/h3-9H,10-12H2,1-2H3,(H,22,25)(H,23,24). The molecule has 0 aliphatic heterocycles. The molecule has 0 unspecified atom stereocenters. The first-order valence-electron chi connectivity index (χ1n) is 8.38. The zero-order chi connectivity index (χ0) is 19.8. The summed E-state index contributed by atoms with van der Waals surface area (Å²) < 4.78 is 4.91. The quantitative estimate of drug-likeness (QED) is 0.714. The van der Waals surface area contributed by atoms with Crippen LogP contribution in [0.5, 0.6) is 0 Å². The lowest BCUT2D eigenvalue weighted by atomic mass is 10.1. The van der Waals surface area contributed by atoms with E-state index in [0.717, 1.165) is 16.8 Å². The molecule has 0 heterocycles. The Balaban J connectivity index is 1.73. The van der Waals surface area contributed by atoms with Gasteiger partial charge in [-0.25, -0.2) is 0 Å². The molecule has 0 saturated carbocycles. The average molecular weight is 389 g/mol. The fourth-order valence-electron chi connectivity index (χ4n) is 2.42. The van der Waals surface area contributed by atoms with Gasteiger partial charge in [0, 0.05) is 10.7 Å². The summed E-state index contributed by atoms with van der Waals surface area (Å²) in [6.07, 6.45) is -0.0278. The molecule has 2 rings (SSSR count). The van der Waals surface area contributed by atoms with Crippen molar-refractivity contribution in [2.45, 2.75) is 20.3 Å². The Morgan fingerprint density at radius 3 is 2.30 bits per heavy atom. The minimum atomic E-state index is -0.571. The third-order valence-electron chi connectivity index (χ3n) is 3.85. The molecular formula is C20H21ClN2O4. The zero-order valence-corrected chi connectivity index (χ0v) is 15.9. The maximum absolute atomic E-state index is 12.0.